The highest BCUT2D eigenvalue weighted by atomic mass is 35.5. The lowest BCUT2D eigenvalue weighted by molar-refractivity contribution is -0.0707. The molecule has 1 saturated heterocycles. The molecule has 3 heterocycles. The second-order valence-electron chi connectivity index (χ2n) is 6.15. The van der Waals surface area contributed by atoms with Crippen LogP contribution in [0.15, 0.2) is 17.1 Å². The van der Waals surface area contributed by atoms with Gasteiger partial charge in [-0.15, -0.1) is 0 Å². The molecule has 0 saturated carbocycles. The Morgan fingerprint density at radius 2 is 1.96 bits per heavy atom. The Kier molecular flexibility index (Phi) is 4.65. The maximum Gasteiger partial charge on any atom is 0.258 e. The number of rotatable bonds is 2. The van der Waals surface area contributed by atoms with Gasteiger partial charge in [0.25, 0.3) is 5.56 Å². The van der Waals surface area contributed by atoms with E-state index >= 15 is 0 Å². The summed E-state index contributed by atoms with van der Waals surface area (Å²) in [4.78, 5) is 19.2. The van der Waals surface area contributed by atoms with Gasteiger partial charge in [-0.3, -0.25) is 14.1 Å². The minimum atomic E-state index is -0.178. The molecule has 0 aliphatic carbocycles. The lowest BCUT2D eigenvalue weighted by atomic mass is 10.2. The average molecular weight is 356 g/mol. The third-order valence-electron chi connectivity index (χ3n) is 4.01. The van der Waals surface area contributed by atoms with E-state index in [4.69, 9.17) is 27.9 Å². The van der Waals surface area contributed by atoms with E-state index in [1.807, 2.05) is 20.8 Å². The summed E-state index contributed by atoms with van der Waals surface area (Å²) >= 11 is 12.4. The van der Waals surface area contributed by atoms with Crippen LogP contribution >= 0.6 is 23.2 Å². The minimum absolute atomic E-state index is 0.171. The molecule has 0 amide bonds. The number of hydrogen-bond acceptors (Lipinski definition) is 4. The fourth-order valence-electron chi connectivity index (χ4n) is 3.02. The summed E-state index contributed by atoms with van der Waals surface area (Å²) in [5, 5.41) is 0.871. The van der Waals surface area contributed by atoms with Gasteiger partial charge in [-0.2, -0.15) is 0 Å². The SMILES string of the molecule is Cc1c(Cl)cn2c(=O)cc(CN3C[C@H](C)O[C@@H](C)C3)nc2c1Cl. The lowest BCUT2D eigenvalue weighted by Crippen LogP contribution is -2.45. The maximum absolute atomic E-state index is 12.3. The van der Waals surface area contributed by atoms with E-state index < -0.39 is 0 Å². The predicted octanol–water partition coefficient (Wildman–Crippen LogP) is 2.92. The molecule has 0 bridgehead atoms. The van der Waals surface area contributed by atoms with Crippen molar-refractivity contribution >= 4 is 28.8 Å². The van der Waals surface area contributed by atoms with Crippen molar-refractivity contribution in [3.63, 3.8) is 0 Å². The molecule has 1 aliphatic rings. The van der Waals surface area contributed by atoms with Crippen LogP contribution in [-0.4, -0.2) is 39.6 Å². The molecule has 5 nitrogen and oxygen atoms in total. The van der Waals surface area contributed by atoms with Crippen molar-refractivity contribution in [1.29, 1.82) is 0 Å². The van der Waals surface area contributed by atoms with Gasteiger partial charge in [0.1, 0.15) is 0 Å². The molecule has 0 aromatic carbocycles. The van der Waals surface area contributed by atoms with Crippen LogP contribution in [0.1, 0.15) is 25.1 Å². The van der Waals surface area contributed by atoms with Crippen LogP contribution in [0.5, 0.6) is 0 Å². The van der Waals surface area contributed by atoms with Gasteiger partial charge in [0.2, 0.25) is 0 Å². The number of fused-ring (bicyclic) bond motifs is 1. The Balaban J connectivity index is 1.98. The number of pyridine rings is 1. The second-order valence-corrected chi connectivity index (χ2v) is 6.93. The molecule has 124 valence electrons. The summed E-state index contributed by atoms with van der Waals surface area (Å²) in [6.07, 6.45) is 1.91. The van der Waals surface area contributed by atoms with Crippen LogP contribution in [0.25, 0.3) is 5.65 Å². The zero-order valence-corrected chi connectivity index (χ0v) is 14.9. The molecule has 2 aromatic heterocycles. The largest absolute Gasteiger partial charge is 0.373 e. The minimum Gasteiger partial charge on any atom is -0.373 e. The van der Waals surface area contributed by atoms with Crippen molar-refractivity contribution in [2.75, 3.05) is 13.1 Å². The number of ether oxygens (including phenoxy) is 1. The van der Waals surface area contributed by atoms with Crippen molar-refractivity contribution < 1.29 is 4.74 Å². The van der Waals surface area contributed by atoms with Gasteiger partial charge in [-0.05, 0) is 26.3 Å². The van der Waals surface area contributed by atoms with Crippen LogP contribution < -0.4 is 5.56 Å². The third kappa shape index (κ3) is 3.38. The van der Waals surface area contributed by atoms with Crippen LogP contribution in [-0.2, 0) is 11.3 Å². The van der Waals surface area contributed by atoms with Crippen molar-refractivity contribution in [1.82, 2.24) is 14.3 Å². The van der Waals surface area contributed by atoms with Gasteiger partial charge >= 0.3 is 0 Å². The molecule has 0 unspecified atom stereocenters. The van der Waals surface area contributed by atoms with Crippen molar-refractivity contribution in [2.24, 2.45) is 0 Å². The molecule has 2 atom stereocenters. The molecule has 3 rings (SSSR count). The average Bonchev–Trinajstić information content (AvgIpc) is 2.45. The fraction of sp³-hybridized carbons (Fsp3) is 0.500. The third-order valence-corrected chi connectivity index (χ3v) is 4.85. The molecule has 7 heteroatoms. The summed E-state index contributed by atoms with van der Waals surface area (Å²) in [6, 6.07) is 1.54. The van der Waals surface area contributed by atoms with Crippen molar-refractivity contribution in [3.8, 4) is 0 Å². The number of morpholine rings is 1. The Bertz CT molecular complexity index is 796. The van der Waals surface area contributed by atoms with Gasteiger partial charge in [0.05, 0.1) is 27.9 Å². The predicted molar refractivity (Wildman–Crippen MR) is 91.5 cm³/mol. The monoisotopic (exact) mass is 355 g/mol. The summed E-state index contributed by atoms with van der Waals surface area (Å²) in [5.41, 5.74) is 1.71. The van der Waals surface area contributed by atoms with Crippen molar-refractivity contribution in [3.05, 3.63) is 43.9 Å². The quantitative estimate of drug-likeness (QED) is 0.830. The number of hydrogen-bond donors (Lipinski definition) is 0. The van der Waals surface area contributed by atoms with Crippen LogP contribution in [0, 0.1) is 6.92 Å². The number of nitrogens with zero attached hydrogens (tertiary/aromatic N) is 3. The van der Waals surface area contributed by atoms with E-state index in [2.05, 4.69) is 9.88 Å². The first-order valence-corrected chi connectivity index (χ1v) is 8.35. The molecule has 1 aliphatic heterocycles. The molecule has 0 spiro atoms. The lowest BCUT2D eigenvalue weighted by Gasteiger charge is -2.35. The van der Waals surface area contributed by atoms with Crippen molar-refractivity contribution in [2.45, 2.75) is 39.5 Å². The number of aromatic nitrogens is 2. The fourth-order valence-corrected chi connectivity index (χ4v) is 3.50. The topological polar surface area (TPSA) is 46.8 Å². The summed E-state index contributed by atoms with van der Waals surface area (Å²) in [5.74, 6) is 0. The zero-order valence-electron chi connectivity index (χ0n) is 13.3. The van der Waals surface area contributed by atoms with Gasteiger partial charge < -0.3 is 4.74 Å². The molecular weight excluding hydrogens is 337 g/mol. The van der Waals surface area contributed by atoms with E-state index in [9.17, 15) is 4.79 Å². The van der Waals surface area contributed by atoms with E-state index in [1.165, 1.54) is 4.40 Å². The first kappa shape index (κ1) is 16.7. The van der Waals surface area contributed by atoms with Gasteiger partial charge in [-0.1, -0.05) is 23.2 Å². The normalized spacial score (nSPS) is 22.7. The maximum atomic E-state index is 12.3. The summed E-state index contributed by atoms with van der Waals surface area (Å²) < 4.78 is 7.13. The van der Waals surface area contributed by atoms with Crippen LogP contribution in [0.2, 0.25) is 10.0 Å². The molecule has 0 radical (unpaired) electrons. The Morgan fingerprint density at radius 1 is 1.30 bits per heavy atom. The van der Waals surface area contributed by atoms with E-state index in [1.54, 1.807) is 12.3 Å². The highest BCUT2D eigenvalue weighted by molar-refractivity contribution is 6.37. The number of halogens is 2. The van der Waals surface area contributed by atoms with E-state index in [0.29, 0.717) is 27.9 Å². The molecular formula is C16H19Cl2N3O2. The highest BCUT2D eigenvalue weighted by Gasteiger charge is 2.23. The van der Waals surface area contributed by atoms with Gasteiger partial charge in [-0.25, -0.2) is 4.98 Å². The van der Waals surface area contributed by atoms with Gasteiger partial charge in [0, 0.05) is 31.9 Å². The van der Waals surface area contributed by atoms with Gasteiger partial charge in [0.15, 0.2) is 5.65 Å². The summed E-state index contributed by atoms with van der Waals surface area (Å²) in [7, 11) is 0. The molecule has 1 fully saturated rings. The standard InChI is InChI=1S/C16H19Cl2N3O2/c1-9-5-20(6-10(2)23-9)7-12-4-14(22)21-8-13(17)11(3)15(18)16(21)19-12/h4,8-10H,5-7H2,1-3H3/t9-,10-/m0/s1. The highest BCUT2D eigenvalue weighted by Crippen LogP contribution is 2.26. The first-order valence-electron chi connectivity index (χ1n) is 7.60. The molecule has 2 aromatic rings. The zero-order chi connectivity index (χ0) is 16.7. The summed E-state index contributed by atoms with van der Waals surface area (Å²) in [6.45, 7) is 8.15. The van der Waals surface area contributed by atoms with E-state index in [0.717, 1.165) is 18.7 Å². The molecule has 23 heavy (non-hydrogen) atoms. The molecule has 0 N–H and O–H groups in total. The second kappa shape index (κ2) is 6.40. The Hall–Kier alpha value is -1.14. The van der Waals surface area contributed by atoms with Crippen LogP contribution in [0.4, 0.5) is 0 Å². The Morgan fingerprint density at radius 3 is 2.61 bits per heavy atom. The van der Waals surface area contributed by atoms with E-state index in [-0.39, 0.29) is 17.8 Å². The smallest absolute Gasteiger partial charge is 0.258 e. The van der Waals surface area contributed by atoms with Crippen LogP contribution in [0.3, 0.4) is 0 Å². The Labute approximate surface area is 144 Å². The first-order chi connectivity index (χ1) is 10.8.